The van der Waals surface area contributed by atoms with E-state index in [-0.39, 0.29) is 11.7 Å². The van der Waals surface area contributed by atoms with Crippen LogP contribution in [-0.4, -0.2) is 15.9 Å². The highest BCUT2D eigenvalue weighted by Gasteiger charge is 2.13. The highest BCUT2D eigenvalue weighted by Crippen LogP contribution is 2.25. The number of nitrogens with zero attached hydrogens (tertiary/aromatic N) is 2. The summed E-state index contributed by atoms with van der Waals surface area (Å²) in [6.45, 7) is 0.378. The maximum absolute atomic E-state index is 12.5. The maximum atomic E-state index is 12.5. The molecule has 0 spiro atoms. The van der Waals surface area contributed by atoms with Crippen LogP contribution in [0.2, 0.25) is 0 Å². The number of carbonyl (C=O) groups is 1. The normalized spacial score (nSPS) is 11.0. The van der Waals surface area contributed by atoms with Crippen LogP contribution >= 0.6 is 15.9 Å². The number of carbonyl (C=O) groups excluding carboxylic acids is 1. The summed E-state index contributed by atoms with van der Waals surface area (Å²) in [5, 5.41) is 2.88. The third-order valence-electron chi connectivity index (χ3n) is 4.78. The van der Waals surface area contributed by atoms with E-state index in [2.05, 4.69) is 31.2 Å². The molecule has 1 N–H and O–H groups in total. The summed E-state index contributed by atoms with van der Waals surface area (Å²) >= 11 is 3.41. The Morgan fingerprint density at radius 1 is 0.903 bits per heavy atom. The van der Waals surface area contributed by atoms with Crippen molar-refractivity contribution >= 4 is 33.1 Å². The van der Waals surface area contributed by atoms with Gasteiger partial charge in [0.05, 0.1) is 0 Å². The second-order valence-electron chi connectivity index (χ2n) is 6.89. The Hall–Kier alpha value is -3.71. The molecule has 0 unspecified atom stereocenters. The first-order chi connectivity index (χ1) is 15.2. The molecule has 0 radical (unpaired) electrons. The largest absolute Gasteiger partial charge is 0.451 e. The summed E-state index contributed by atoms with van der Waals surface area (Å²) in [5.74, 6) is 1.17. The number of aromatic nitrogens is 2. The van der Waals surface area contributed by atoms with Gasteiger partial charge >= 0.3 is 0 Å². The van der Waals surface area contributed by atoms with Crippen molar-refractivity contribution in [1.29, 1.82) is 0 Å². The van der Waals surface area contributed by atoms with E-state index in [0.29, 0.717) is 29.4 Å². The molecule has 31 heavy (non-hydrogen) atoms. The number of benzene rings is 2. The van der Waals surface area contributed by atoms with Gasteiger partial charge in [-0.1, -0.05) is 40.2 Å². The fraction of sp³-hybridized carbons (Fsp3) is 0.0417. The lowest BCUT2D eigenvalue weighted by Crippen LogP contribution is -2.22. The Kier molecular flexibility index (Phi) is 5.09. The molecule has 3 aromatic heterocycles. The van der Waals surface area contributed by atoms with Gasteiger partial charge in [-0.05, 0) is 54.1 Å². The Morgan fingerprint density at radius 3 is 2.45 bits per heavy atom. The molecule has 3 heterocycles. The zero-order chi connectivity index (χ0) is 21.2. The summed E-state index contributed by atoms with van der Waals surface area (Å²) in [6, 6.07) is 22.5. The lowest BCUT2D eigenvalue weighted by Gasteiger charge is -2.04. The van der Waals surface area contributed by atoms with Crippen molar-refractivity contribution in [2.45, 2.75) is 6.54 Å². The number of oxazole rings is 1. The van der Waals surface area contributed by atoms with Crippen LogP contribution in [-0.2, 0) is 6.54 Å². The fourth-order valence-corrected chi connectivity index (χ4v) is 3.42. The predicted molar refractivity (Wildman–Crippen MR) is 120 cm³/mol. The van der Waals surface area contributed by atoms with Gasteiger partial charge in [0.1, 0.15) is 5.76 Å². The van der Waals surface area contributed by atoms with Crippen LogP contribution in [0.15, 0.2) is 92.3 Å². The van der Waals surface area contributed by atoms with E-state index in [4.69, 9.17) is 8.83 Å². The molecule has 1 amide bonds. The molecule has 152 valence electrons. The molecule has 5 aromatic rings. The number of nitrogens with one attached hydrogen (secondary N) is 1. The first kappa shape index (κ1) is 19.3. The molecule has 0 fully saturated rings. The summed E-state index contributed by atoms with van der Waals surface area (Å²) in [4.78, 5) is 21.0. The van der Waals surface area contributed by atoms with Crippen LogP contribution in [0.25, 0.3) is 34.0 Å². The summed E-state index contributed by atoms with van der Waals surface area (Å²) in [7, 11) is 0. The first-order valence-electron chi connectivity index (χ1n) is 9.60. The van der Waals surface area contributed by atoms with E-state index in [1.807, 2.05) is 60.7 Å². The van der Waals surface area contributed by atoms with Gasteiger partial charge in [-0.3, -0.25) is 4.79 Å². The predicted octanol–water partition coefficient (Wildman–Crippen LogP) is 5.84. The van der Waals surface area contributed by atoms with Crippen molar-refractivity contribution in [2.24, 2.45) is 0 Å². The lowest BCUT2D eigenvalue weighted by molar-refractivity contribution is 0.0924. The highest BCUT2D eigenvalue weighted by atomic mass is 79.9. The number of furan rings is 1. The topological polar surface area (TPSA) is 81.2 Å². The van der Waals surface area contributed by atoms with Crippen LogP contribution in [0.3, 0.4) is 0 Å². The Balaban J connectivity index is 1.24. The molecule has 0 bridgehead atoms. The molecular weight excluding hydrogens is 458 g/mol. The average Bonchev–Trinajstić information content (AvgIpc) is 3.46. The minimum atomic E-state index is -0.266. The van der Waals surface area contributed by atoms with Crippen molar-refractivity contribution in [1.82, 2.24) is 15.3 Å². The summed E-state index contributed by atoms with van der Waals surface area (Å²) in [6.07, 6.45) is 1.68. The van der Waals surface area contributed by atoms with Gasteiger partial charge in [-0.25, -0.2) is 4.98 Å². The summed E-state index contributed by atoms with van der Waals surface area (Å²) < 4.78 is 12.4. The van der Waals surface area contributed by atoms with Crippen LogP contribution in [0.4, 0.5) is 0 Å². The first-order valence-corrected chi connectivity index (χ1v) is 10.4. The number of fused-ring (bicyclic) bond motifs is 1. The van der Waals surface area contributed by atoms with Gasteiger partial charge in [0.2, 0.25) is 5.89 Å². The SMILES string of the molecule is O=C(NCc1ccc(-c2nc3ncccc3o2)cc1)c1ccc(-c2ccc(Br)cc2)o1. The van der Waals surface area contributed by atoms with Gasteiger partial charge < -0.3 is 14.2 Å². The molecule has 0 aliphatic heterocycles. The molecule has 5 rings (SSSR count). The number of halogens is 1. The lowest BCUT2D eigenvalue weighted by atomic mass is 10.1. The monoisotopic (exact) mass is 473 g/mol. The fourth-order valence-electron chi connectivity index (χ4n) is 3.16. The standard InChI is InChI=1S/C24H16BrN3O3/c25-18-9-7-16(8-10-18)19-11-12-21(30-19)23(29)27-14-15-3-5-17(6-4-15)24-28-22-20(31-24)2-1-13-26-22/h1-13H,14H2,(H,27,29). The quantitative estimate of drug-likeness (QED) is 0.346. The van der Waals surface area contributed by atoms with Crippen LogP contribution in [0.5, 0.6) is 0 Å². The highest BCUT2D eigenvalue weighted by molar-refractivity contribution is 9.10. The molecule has 6 nitrogen and oxygen atoms in total. The Labute approximate surface area is 186 Å². The van der Waals surface area contributed by atoms with Crippen molar-refractivity contribution < 1.29 is 13.6 Å². The number of rotatable bonds is 5. The molecule has 7 heteroatoms. The van der Waals surface area contributed by atoms with Crippen molar-refractivity contribution in [2.75, 3.05) is 0 Å². The number of pyridine rings is 1. The van der Waals surface area contributed by atoms with E-state index in [0.717, 1.165) is 21.2 Å². The average molecular weight is 474 g/mol. The van der Waals surface area contributed by atoms with Crippen molar-refractivity contribution in [3.8, 4) is 22.8 Å². The van der Waals surface area contributed by atoms with Gasteiger partial charge in [-0.15, -0.1) is 0 Å². The van der Waals surface area contributed by atoms with Crippen LogP contribution in [0, 0.1) is 0 Å². The number of hydrogen-bond donors (Lipinski definition) is 1. The smallest absolute Gasteiger partial charge is 0.287 e. The zero-order valence-electron chi connectivity index (χ0n) is 16.2. The van der Waals surface area contributed by atoms with Gasteiger partial charge in [0.15, 0.2) is 17.0 Å². The minimum Gasteiger partial charge on any atom is -0.451 e. The molecule has 0 aliphatic carbocycles. The number of hydrogen-bond acceptors (Lipinski definition) is 5. The van der Waals surface area contributed by atoms with E-state index >= 15 is 0 Å². The van der Waals surface area contributed by atoms with Gasteiger partial charge in [-0.2, -0.15) is 4.98 Å². The molecule has 0 saturated heterocycles. The van der Waals surface area contributed by atoms with Crippen LogP contribution < -0.4 is 5.32 Å². The third-order valence-corrected chi connectivity index (χ3v) is 5.31. The maximum Gasteiger partial charge on any atom is 0.287 e. The zero-order valence-corrected chi connectivity index (χ0v) is 17.8. The van der Waals surface area contributed by atoms with Gasteiger partial charge in [0, 0.05) is 28.3 Å². The van der Waals surface area contributed by atoms with E-state index in [9.17, 15) is 4.79 Å². The summed E-state index contributed by atoms with van der Waals surface area (Å²) in [5.41, 5.74) is 3.93. The number of amides is 1. The molecule has 2 aromatic carbocycles. The second-order valence-corrected chi connectivity index (χ2v) is 7.81. The van der Waals surface area contributed by atoms with Crippen molar-refractivity contribution in [3.63, 3.8) is 0 Å². The molecule has 0 saturated carbocycles. The molecule has 0 atom stereocenters. The Morgan fingerprint density at radius 2 is 1.68 bits per heavy atom. The van der Waals surface area contributed by atoms with E-state index < -0.39 is 0 Å². The Bertz CT molecular complexity index is 1320. The van der Waals surface area contributed by atoms with Gasteiger partial charge in [0.25, 0.3) is 5.91 Å². The van der Waals surface area contributed by atoms with Crippen molar-refractivity contribution in [3.05, 3.63) is 94.8 Å². The third kappa shape index (κ3) is 4.13. The van der Waals surface area contributed by atoms with E-state index in [1.165, 1.54) is 0 Å². The molecule has 0 aliphatic rings. The van der Waals surface area contributed by atoms with Crippen LogP contribution in [0.1, 0.15) is 16.1 Å². The minimum absolute atomic E-state index is 0.266. The second kappa shape index (κ2) is 8.20. The molecular formula is C24H16BrN3O3. The van der Waals surface area contributed by atoms with E-state index in [1.54, 1.807) is 18.3 Å².